The monoisotopic (exact) mass is 411 g/mol. The van der Waals surface area contributed by atoms with Crippen molar-refractivity contribution in [2.45, 2.75) is 70.1 Å². The molecule has 1 saturated carbocycles. The maximum absolute atomic E-state index is 15.3. The molecule has 3 aliphatic rings. The van der Waals surface area contributed by atoms with Crippen LogP contribution in [0, 0.1) is 11.7 Å². The van der Waals surface area contributed by atoms with Crippen molar-refractivity contribution in [1.29, 1.82) is 0 Å². The molecule has 0 amide bonds. The van der Waals surface area contributed by atoms with Gasteiger partial charge in [-0.25, -0.2) is 8.78 Å². The number of piperidine rings is 1. The van der Waals surface area contributed by atoms with E-state index in [1.54, 1.807) is 0 Å². The van der Waals surface area contributed by atoms with Gasteiger partial charge in [-0.15, -0.1) is 0 Å². The van der Waals surface area contributed by atoms with Gasteiger partial charge in [-0.2, -0.15) is 0 Å². The Morgan fingerprint density at radius 1 is 1.28 bits per heavy atom. The van der Waals surface area contributed by atoms with Crippen molar-refractivity contribution in [3.63, 3.8) is 0 Å². The van der Waals surface area contributed by atoms with Crippen molar-refractivity contribution in [2.75, 3.05) is 26.8 Å². The maximum Gasteiger partial charge on any atom is 0.197 e. The zero-order valence-electron chi connectivity index (χ0n) is 17.6. The van der Waals surface area contributed by atoms with Crippen LogP contribution in [0.15, 0.2) is 6.07 Å². The average molecular weight is 411 g/mol. The van der Waals surface area contributed by atoms with Crippen molar-refractivity contribution in [1.82, 2.24) is 4.90 Å². The second-order valence-electron chi connectivity index (χ2n) is 9.44. The van der Waals surface area contributed by atoms with Crippen LogP contribution < -0.4 is 9.47 Å². The van der Waals surface area contributed by atoms with E-state index in [2.05, 4.69) is 4.90 Å². The highest BCUT2D eigenvalue weighted by Gasteiger charge is 2.42. The van der Waals surface area contributed by atoms with Crippen LogP contribution >= 0.6 is 0 Å². The molecule has 162 valence electrons. The molecule has 0 aromatic heterocycles. The molecule has 2 fully saturated rings. The summed E-state index contributed by atoms with van der Waals surface area (Å²) in [5.41, 5.74) is 1.10. The minimum Gasteiger partial charge on any atom is -0.493 e. The fourth-order valence-electron chi connectivity index (χ4n) is 4.48. The first-order chi connectivity index (χ1) is 13.7. The van der Waals surface area contributed by atoms with Crippen molar-refractivity contribution in [3.05, 3.63) is 23.0 Å². The highest BCUT2D eigenvalue weighted by Crippen LogP contribution is 2.45. The fourth-order valence-corrected chi connectivity index (χ4v) is 4.48. The van der Waals surface area contributed by atoms with E-state index in [0.717, 1.165) is 5.56 Å². The summed E-state index contributed by atoms with van der Waals surface area (Å²) >= 11 is 0. The van der Waals surface area contributed by atoms with Crippen molar-refractivity contribution < 1.29 is 28.1 Å². The fraction of sp³-hybridized carbons (Fsp3) is 0.727. The lowest BCUT2D eigenvalue weighted by molar-refractivity contribution is -0.149. The highest BCUT2D eigenvalue weighted by molar-refractivity contribution is 5.51. The lowest BCUT2D eigenvalue weighted by atomic mass is 9.84. The molecule has 5 atom stereocenters. The standard InChI is InChI=1S/C22H31F2NO4/c1-22(2,3)29-19-10-25-6-5-13-14(16(25)9-17(19)26)8-18(27-4)21(20(13)24)28-11-12-7-15(12)23/h8,12,15-17,19,26H,5-7,9-11H2,1-4H3/t12-,15+,16+,17+,19+/m0/s1. The Balaban J connectivity index is 1.57. The quantitative estimate of drug-likeness (QED) is 0.805. The molecule has 5 nitrogen and oxygen atoms in total. The summed E-state index contributed by atoms with van der Waals surface area (Å²) in [6.45, 7) is 7.38. The van der Waals surface area contributed by atoms with Crippen LogP contribution in [0.3, 0.4) is 0 Å². The Bertz CT molecular complexity index is 766. The van der Waals surface area contributed by atoms with Crippen LogP contribution in [0.5, 0.6) is 11.5 Å². The number of benzene rings is 1. The molecular formula is C22H31F2NO4. The van der Waals surface area contributed by atoms with E-state index in [0.29, 0.717) is 43.7 Å². The van der Waals surface area contributed by atoms with E-state index in [1.807, 2.05) is 26.8 Å². The summed E-state index contributed by atoms with van der Waals surface area (Å²) in [6.07, 6.45) is -0.241. The molecule has 7 heteroatoms. The molecule has 2 aliphatic heterocycles. The average Bonchev–Trinajstić information content (AvgIpc) is 3.35. The van der Waals surface area contributed by atoms with Gasteiger partial charge < -0.3 is 19.3 Å². The molecule has 29 heavy (non-hydrogen) atoms. The van der Waals surface area contributed by atoms with Gasteiger partial charge >= 0.3 is 0 Å². The van der Waals surface area contributed by atoms with Crippen molar-refractivity contribution in [3.8, 4) is 11.5 Å². The van der Waals surface area contributed by atoms with E-state index in [4.69, 9.17) is 14.2 Å². The van der Waals surface area contributed by atoms with Gasteiger partial charge in [0.15, 0.2) is 17.3 Å². The Labute approximate surface area is 170 Å². The molecule has 1 saturated heterocycles. The molecule has 1 aromatic rings. The summed E-state index contributed by atoms with van der Waals surface area (Å²) in [4.78, 5) is 2.25. The number of aliphatic hydroxyl groups is 1. The Morgan fingerprint density at radius 3 is 2.62 bits per heavy atom. The molecule has 1 N–H and O–H groups in total. The minimum absolute atomic E-state index is 0.0732. The number of methoxy groups -OCH3 is 1. The SMILES string of the molecule is COc1cc2c(c(F)c1OC[C@@H]1C[C@H]1F)CCN1C[C@@H](OC(C)(C)C)[C@H](O)C[C@H]21. The lowest BCUT2D eigenvalue weighted by Crippen LogP contribution is -2.53. The minimum atomic E-state index is -0.845. The van der Waals surface area contributed by atoms with Crippen molar-refractivity contribution in [2.24, 2.45) is 5.92 Å². The van der Waals surface area contributed by atoms with Crippen LogP contribution in [0.25, 0.3) is 0 Å². The molecule has 1 aliphatic carbocycles. The number of halogens is 2. The van der Waals surface area contributed by atoms with Crippen LogP contribution in [0.1, 0.15) is 50.8 Å². The van der Waals surface area contributed by atoms with E-state index >= 15 is 4.39 Å². The zero-order chi connectivity index (χ0) is 20.9. The van der Waals surface area contributed by atoms with Crippen LogP contribution in [-0.4, -0.2) is 60.8 Å². The molecule has 0 radical (unpaired) electrons. The van der Waals surface area contributed by atoms with E-state index in [1.165, 1.54) is 7.11 Å². The molecule has 0 unspecified atom stereocenters. The summed E-state index contributed by atoms with van der Waals surface area (Å²) in [7, 11) is 1.48. The van der Waals surface area contributed by atoms with Gasteiger partial charge in [0.25, 0.3) is 0 Å². The van der Waals surface area contributed by atoms with E-state index in [9.17, 15) is 9.50 Å². The number of hydrogen-bond donors (Lipinski definition) is 1. The van der Waals surface area contributed by atoms with Gasteiger partial charge in [-0.3, -0.25) is 4.90 Å². The largest absolute Gasteiger partial charge is 0.493 e. The Kier molecular flexibility index (Phi) is 5.51. The molecule has 1 aromatic carbocycles. The summed E-state index contributed by atoms with van der Waals surface area (Å²) in [5, 5.41) is 10.7. The zero-order valence-corrected chi connectivity index (χ0v) is 17.6. The number of rotatable bonds is 5. The van der Waals surface area contributed by atoms with Crippen LogP contribution in [0.2, 0.25) is 0 Å². The normalized spacial score (nSPS) is 31.8. The predicted octanol–water partition coefficient (Wildman–Crippen LogP) is 3.42. The van der Waals surface area contributed by atoms with Crippen LogP contribution in [0.4, 0.5) is 8.78 Å². The number of aliphatic hydroxyl groups excluding tert-OH is 1. The number of hydrogen-bond acceptors (Lipinski definition) is 5. The van der Waals surface area contributed by atoms with E-state index < -0.39 is 18.1 Å². The summed E-state index contributed by atoms with van der Waals surface area (Å²) in [5.74, 6) is -0.178. The summed E-state index contributed by atoms with van der Waals surface area (Å²) < 4.78 is 45.5. The second-order valence-corrected chi connectivity index (χ2v) is 9.44. The van der Waals surface area contributed by atoms with Gasteiger partial charge in [-0.1, -0.05) is 0 Å². The number of ether oxygens (including phenoxy) is 3. The number of fused-ring (bicyclic) bond motifs is 3. The van der Waals surface area contributed by atoms with Crippen molar-refractivity contribution >= 4 is 0 Å². The third-order valence-corrected chi connectivity index (χ3v) is 6.08. The van der Waals surface area contributed by atoms with Gasteiger partial charge in [0.1, 0.15) is 6.17 Å². The van der Waals surface area contributed by atoms with Gasteiger partial charge in [0.05, 0.1) is 31.5 Å². The van der Waals surface area contributed by atoms with Gasteiger partial charge in [0, 0.05) is 25.0 Å². The number of alkyl halides is 1. The molecule has 2 heterocycles. The third-order valence-electron chi connectivity index (χ3n) is 6.08. The third kappa shape index (κ3) is 4.23. The summed E-state index contributed by atoms with van der Waals surface area (Å²) in [6, 6.07) is 1.73. The lowest BCUT2D eigenvalue weighted by Gasteiger charge is -2.46. The van der Waals surface area contributed by atoms with E-state index in [-0.39, 0.29) is 36.0 Å². The second kappa shape index (κ2) is 7.67. The van der Waals surface area contributed by atoms with Crippen LogP contribution in [-0.2, 0) is 11.2 Å². The highest BCUT2D eigenvalue weighted by atomic mass is 19.1. The van der Waals surface area contributed by atoms with Gasteiger partial charge in [-0.05, 0) is 57.2 Å². The Morgan fingerprint density at radius 2 is 2.00 bits per heavy atom. The first-order valence-electron chi connectivity index (χ1n) is 10.4. The number of nitrogens with zero attached hydrogens (tertiary/aromatic N) is 1. The van der Waals surface area contributed by atoms with Gasteiger partial charge in [0.2, 0.25) is 0 Å². The molecule has 4 rings (SSSR count). The molecule has 0 spiro atoms. The first-order valence-corrected chi connectivity index (χ1v) is 10.4. The Hall–Kier alpha value is -1.44. The maximum atomic E-state index is 15.3. The predicted molar refractivity (Wildman–Crippen MR) is 105 cm³/mol. The topological polar surface area (TPSA) is 51.2 Å². The molecular weight excluding hydrogens is 380 g/mol. The smallest absolute Gasteiger partial charge is 0.197 e. The molecule has 0 bridgehead atoms. The first kappa shape index (κ1) is 20.8.